The number of hydrogen-bond donors (Lipinski definition) is 0. The van der Waals surface area contributed by atoms with Crippen LogP contribution in [0.2, 0.25) is 0 Å². The van der Waals surface area contributed by atoms with Crippen LogP contribution in [-0.2, 0) is 16.4 Å². The molecule has 1 fully saturated rings. The Morgan fingerprint density at radius 1 is 1.30 bits per heavy atom. The summed E-state index contributed by atoms with van der Waals surface area (Å²) in [5, 5.41) is 0. The van der Waals surface area contributed by atoms with Gasteiger partial charge in [-0.05, 0) is 49.9 Å². The highest BCUT2D eigenvalue weighted by Crippen LogP contribution is 2.32. The highest BCUT2D eigenvalue weighted by atomic mass is 32.2. The molecule has 23 heavy (non-hydrogen) atoms. The van der Waals surface area contributed by atoms with Crippen LogP contribution in [0, 0.1) is 0 Å². The van der Waals surface area contributed by atoms with Crippen LogP contribution in [0.25, 0.3) is 0 Å². The number of sulfonamides is 1. The molecule has 3 rings (SSSR count). The van der Waals surface area contributed by atoms with E-state index in [4.69, 9.17) is 0 Å². The van der Waals surface area contributed by atoms with Crippen molar-refractivity contribution in [1.29, 1.82) is 0 Å². The quantitative estimate of drug-likeness (QED) is 0.848. The Kier molecular flexibility index (Phi) is 4.36. The summed E-state index contributed by atoms with van der Waals surface area (Å²) >= 11 is 0. The first-order chi connectivity index (χ1) is 10.9. The average Bonchev–Trinajstić information content (AvgIpc) is 3.15. The Hall–Kier alpha value is -1.56. The molecular weight excluding hydrogens is 312 g/mol. The molecule has 1 aromatic carbocycles. The maximum Gasteiger partial charge on any atom is 0.254 e. The summed E-state index contributed by atoms with van der Waals surface area (Å²) in [7, 11) is -3.25. The number of benzene rings is 1. The smallest absolute Gasteiger partial charge is 0.254 e. The number of amides is 1. The van der Waals surface area contributed by atoms with Crippen LogP contribution >= 0.6 is 0 Å². The van der Waals surface area contributed by atoms with Gasteiger partial charge in [0.1, 0.15) is 0 Å². The molecule has 0 aromatic heterocycles. The Bertz CT molecular complexity index is 709. The number of carbonyl (C=O) groups excluding carboxylic acids is 1. The van der Waals surface area contributed by atoms with Crippen LogP contribution in [0.3, 0.4) is 0 Å². The van der Waals surface area contributed by atoms with Crippen LogP contribution in [0.4, 0.5) is 5.69 Å². The number of hydrogen-bond acceptors (Lipinski definition) is 3. The van der Waals surface area contributed by atoms with E-state index in [2.05, 4.69) is 0 Å². The summed E-state index contributed by atoms with van der Waals surface area (Å²) in [6.07, 6.45) is 6.46. The van der Waals surface area contributed by atoms with Gasteiger partial charge in [0, 0.05) is 24.7 Å². The average molecular weight is 336 g/mol. The zero-order valence-electron chi connectivity index (χ0n) is 13.8. The highest BCUT2D eigenvalue weighted by molar-refractivity contribution is 7.92. The molecule has 5 nitrogen and oxygen atoms in total. The molecule has 0 atom stereocenters. The summed E-state index contributed by atoms with van der Waals surface area (Å²) in [6.45, 7) is 3.21. The topological polar surface area (TPSA) is 57.7 Å². The van der Waals surface area contributed by atoms with Crippen LogP contribution in [0.15, 0.2) is 18.2 Å². The monoisotopic (exact) mass is 336 g/mol. The van der Waals surface area contributed by atoms with E-state index in [1.165, 1.54) is 23.4 Å². The predicted molar refractivity (Wildman–Crippen MR) is 91.3 cm³/mol. The lowest BCUT2D eigenvalue weighted by molar-refractivity contribution is 0.0693. The fourth-order valence-electron chi connectivity index (χ4n) is 3.80. The number of fused-ring (bicyclic) bond motifs is 1. The Morgan fingerprint density at radius 2 is 2.00 bits per heavy atom. The maximum atomic E-state index is 12.8. The third-order valence-electron chi connectivity index (χ3n) is 4.95. The maximum absolute atomic E-state index is 12.8. The van der Waals surface area contributed by atoms with E-state index >= 15 is 0 Å². The second-order valence-corrected chi connectivity index (χ2v) is 8.36. The molecule has 2 aliphatic rings. The minimum absolute atomic E-state index is 0.0694. The molecule has 0 radical (unpaired) electrons. The molecule has 0 spiro atoms. The van der Waals surface area contributed by atoms with Crippen molar-refractivity contribution in [2.75, 3.05) is 23.7 Å². The van der Waals surface area contributed by atoms with Gasteiger partial charge >= 0.3 is 0 Å². The fourth-order valence-corrected chi connectivity index (χ4v) is 4.76. The van der Waals surface area contributed by atoms with Gasteiger partial charge in [-0.25, -0.2) is 8.42 Å². The van der Waals surface area contributed by atoms with E-state index in [1.54, 1.807) is 12.1 Å². The molecule has 126 valence electrons. The third kappa shape index (κ3) is 3.09. The first-order valence-electron chi connectivity index (χ1n) is 8.33. The highest BCUT2D eigenvalue weighted by Gasteiger charge is 2.29. The lowest BCUT2D eigenvalue weighted by Gasteiger charge is -2.28. The van der Waals surface area contributed by atoms with Crippen molar-refractivity contribution in [2.24, 2.45) is 0 Å². The standard InChI is InChI=1S/C17H24N2O3S/c1-3-18(15-6-4-5-7-15)17(20)14-8-9-16-13(12-14)10-11-19(16)23(2,21)22/h8-9,12,15H,3-7,10-11H2,1-2H3. The molecule has 1 heterocycles. The number of carbonyl (C=O) groups is 1. The van der Waals surface area contributed by atoms with Crippen LogP contribution in [0.1, 0.15) is 48.5 Å². The van der Waals surface area contributed by atoms with E-state index < -0.39 is 10.0 Å². The SMILES string of the molecule is CCN(C(=O)c1ccc2c(c1)CCN2S(C)(=O)=O)C1CCCC1. The molecule has 0 saturated heterocycles. The molecule has 0 bridgehead atoms. The van der Waals surface area contributed by atoms with Gasteiger partial charge in [0.25, 0.3) is 5.91 Å². The van der Waals surface area contributed by atoms with Crippen LogP contribution in [0.5, 0.6) is 0 Å². The zero-order valence-corrected chi connectivity index (χ0v) is 14.6. The van der Waals surface area contributed by atoms with Gasteiger partial charge in [-0.15, -0.1) is 0 Å². The summed E-state index contributed by atoms with van der Waals surface area (Å²) in [4.78, 5) is 14.8. The van der Waals surface area contributed by atoms with Gasteiger partial charge in [0.05, 0.1) is 11.9 Å². The molecule has 1 amide bonds. The first-order valence-corrected chi connectivity index (χ1v) is 10.2. The molecule has 0 unspecified atom stereocenters. The van der Waals surface area contributed by atoms with Gasteiger partial charge in [-0.1, -0.05) is 12.8 Å². The van der Waals surface area contributed by atoms with E-state index in [-0.39, 0.29) is 5.91 Å². The van der Waals surface area contributed by atoms with Crippen molar-refractivity contribution >= 4 is 21.6 Å². The van der Waals surface area contributed by atoms with Crippen molar-refractivity contribution in [3.63, 3.8) is 0 Å². The molecule has 1 aliphatic heterocycles. The van der Waals surface area contributed by atoms with Crippen LogP contribution < -0.4 is 4.31 Å². The summed E-state index contributed by atoms with van der Waals surface area (Å²) in [5.41, 5.74) is 2.34. The molecule has 1 aromatic rings. The number of nitrogens with zero attached hydrogens (tertiary/aromatic N) is 2. The van der Waals surface area contributed by atoms with E-state index in [1.807, 2.05) is 17.9 Å². The summed E-state index contributed by atoms with van der Waals surface area (Å²) < 4.78 is 25.0. The lowest BCUT2D eigenvalue weighted by atomic mass is 10.1. The van der Waals surface area contributed by atoms with E-state index in [0.717, 1.165) is 24.9 Å². The van der Waals surface area contributed by atoms with Gasteiger partial charge in [-0.3, -0.25) is 9.10 Å². The number of anilines is 1. The predicted octanol–water partition coefficient (Wildman–Crippen LogP) is 2.41. The third-order valence-corrected chi connectivity index (χ3v) is 6.13. The molecule has 0 N–H and O–H groups in total. The van der Waals surface area contributed by atoms with Crippen molar-refractivity contribution in [2.45, 2.75) is 45.1 Å². The Labute approximate surface area is 138 Å². The van der Waals surface area contributed by atoms with Crippen molar-refractivity contribution in [3.8, 4) is 0 Å². The molecule has 6 heteroatoms. The van der Waals surface area contributed by atoms with Gasteiger partial charge in [0.2, 0.25) is 10.0 Å². The Morgan fingerprint density at radius 3 is 2.61 bits per heavy atom. The van der Waals surface area contributed by atoms with E-state index in [9.17, 15) is 13.2 Å². The van der Waals surface area contributed by atoms with Crippen molar-refractivity contribution in [3.05, 3.63) is 29.3 Å². The summed E-state index contributed by atoms with van der Waals surface area (Å²) in [6, 6.07) is 5.77. The number of rotatable bonds is 4. The Balaban J connectivity index is 1.86. The zero-order chi connectivity index (χ0) is 16.6. The van der Waals surface area contributed by atoms with Gasteiger partial charge in [-0.2, -0.15) is 0 Å². The minimum Gasteiger partial charge on any atom is -0.336 e. The fraction of sp³-hybridized carbons (Fsp3) is 0.588. The second-order valence-electron chi connectivity index (χ2n) is 6.46. The molecular formula is C17H24N2O3S. The van der Waals surface area contributed by atoms with Crippen LogP contribution in [-0.4, -0.2) is 44.6 Å². The minimum atomic E-state index is -3.25. The largest absolute Gasteiger partial charge is 0.336 e. The summed E-state index contributed by atoms with van der Waals surface area (Å²) in [5.74, 6) is 0.0694. The normalized spacial score (nSPS) is 18.3. The van der Waals surface area contributed by atoms with Crippen molar-refractivity contribution < 1.29 is 13.2 Å². The van der Waals surface area contributed by atoms with E-state index in [0.29, 0.717) is 30.3 Å². The second kappa shape index (κ2) is 6.15. The van der Waals surface area contributed by atoms with Gasteiger partial charge < -0.3 is 4.90 Å². The van der Waals surface area contributed by atoms with Gasteiger partial charge in [0.15, 0.2) is 0 Å². The van der Waals surface area contributed by atoms with Crippen molar-refractivity contribution in [1.82, 2.24) is 4.90 Å². The lowest BCUT2D eigenvalue weighted by Crippen LogP contribution is -2.38. The molecule has 1 aliphatic carbocycles. The molecule has 1 saturated carbocycles. The first kappa shape index (κ1) is 16.3.